The van der Waals surface area contributed by atoms with Gasteiger partial charge >= 0.3 is 29.6 Å². The van der Waals surface area contributed by atoms with Gasteiger partial charge in [-0.25, -0.2) is 8.42 Å². The van der Waals surface area contributed by atoms with Gasteiger partial charge in [0.1, 0.15) is 21.2 Å². The van der Waals surface area contributed by atoms with Crippen LogP contribution in [0.2, 0.25) is 0 Å². The summed E-state index contributed by atoms with van der Waals surface area (Å²) in [5, 5.41) is 11.1. The molecule has 5 aromatic rings. The Balaban J connectivity index is 0.00000259. The molecule has 0 unspecified atom stereocenters. The average Bonchev–Trinajstić information content (AvgIpc) is 3.22. The molecule has 5 rings (SSSR count). The summed E-state index contributed by atoms with van der Waals surface area (Å²) in [5.74, 6) is 0. The molecule has 1 heterocycles. The van der Waals surface area contributed by atoms with E-state index in [0.717, 1.165) is 21.9 Å². The van der Waals surface area contributed by atoms with Gasteiger partial charge < -0.3 is 4.55 Å². The van der Waals surface area contributed by atoms with Crippen molar-refractivity contribution in [3.8, 4) is 5.69 Å². The van der Waals surface area contributed by atoms with Crippen LogP contribution in [0, 0.1) is 6.92 Å². The van der Waals surface area contributed by atoms with E-state index in [9.17, 15) is 13.0 Å². The van der Waals surface area contributed by atoms with Crippen LogP contribution in [0.3, 0.4) is 0 Å². The third-order valence-corrected chi connectivity index (χ3v) is 6.17. The molecule has 0 fully saturated rings. The summed E-state index contributed by atoms with van der Waals surface area (Å²) in [7, 11) is -4.71. The smallest absolute Gasteiger partial charge is 0.744 e. The Bertz CT molecular complexity index is 1610. The molecule has 6 nitrogen and oxygen atoms in total. The van der Waals surface area contributed by atoms with Crippen molar-refractivity contribution in [2.24, 2.45) is 0 Å². The molecule has 0 radical (unpaired) electrons. The summed E-state index contributed by atoms with van der Waals surface area (Å²) in [4.78, 5) is 1.05. The number of aromatic nitrogens is 3. The van der Waals surface area contributed by atoms with Crippen LogP contribution >= 0.6 is 0 Å². The van der Waals surface area contributed by atoms with Crippen LogP contribution in [-0.2, 0) is 10.1 Å². The van der Waals surface area contributed by atoms with Crippen LogP contribution in [0.5, 0.6) is 0 Å². The fourth-order valence-corrected chi connectivity index (χ4v) is 4.38. The van der Waals surface area contributed by atoms with Crippen LogP contribution in [-0.4, -0.2) is 28.0 Å². The van der Waals surface area contributed by atoms with Crippen molar-refractivity contribution in [3.63, 3.8) is 0 Å². The summed E-state index contributed by atoms with van der Waals surface area (Å²) in [6, 6.07) is 24.0. The maximum absolute atomic E-state index is 12.0. The Morgan fingerprint density at radius 3 is 2.42 bits per heavy atom. The van der Waals surface area contributed by atoms with E-state index in [-0.39, 0.29) is 34.5 Å². The Kier molecular flexibility index (Phi) is 6.52. The zero-order valence-electron chi connectivity index (χ0n) is 18.1. The van der Waals surface area contributed by atoms with Crippen LogP contribution in [0.15, 0.2) is 83.8 Å². The zero-order chi connectivity index (χ0) is 22.3. The maximum Gasteiger partial charge on any atom is 1.00 e. The SMILES string of the molecule is Cc1ccc2c(ccc3nn(-c4ccc(C=Cc5ccccc5)c(S(=O)(=O)[O-])c4)nc32)c1.[Na+]. The molecule has 33 heavy (non-hydrogen) atoms. The summed E-state index contributed by atoms with van der Waals surface area (Å²) >= 11 is 0. The Morgan fingerprint density at radius 2 is 1.67 bits per heavy atom. The van der Waals surface area contributed by atoms with Crippen molar-refractivity contribution in [2.75, 3.05) is 0 Å². The van der Waals surface area contributed by atoms with Gasteiger partial charge in [-0.3, -0.25) is 0 Å². The number of hydrogen-bond donors (Lipinski definition) is 0. The van der Waals surface area contributed by atoms with Gasteiger partial charge in [-0.15, -0.1) is 10.2 Å². The maximum atomic E-state index is 12.0. The molecule has 0 aliphatic rings. The van der Waals surface area contributed by atoms with Crippen molar-refractivity contribution in [3.05, 3.63) is 95.6 Å². The van der Waals surface area contributed by atoms with Gasteiger partial charge in [0.15, 0.2) is 0 Å². The van der Waals surface area contributed by atoms with Gasteiger partial charge in [0, 0.05) is 5.39 Å². The Labute approximate surface area is 213 Å². The summed E-state index contributed by atoms with van der Waals surface area (Å²) in [6.07, 6.45) is 3.38. The van der Waals surface area contributed by atoms with Crippen LogP contribution in [0.4, 0.5) is 0 Å². The predicted octanol–water partition coefficient (Wildman–Crippen LogP) is 1.96. The van der Waals surface area contributed by atoms with Crippen LogP contribution in [0.25, 0.3) is 39.6 Å². The first-order valence-electron chi connectivity index (χ1n) is 9.98. The molecule has 4 aromatic carbocycles. The molecule has 158 valence electrons. The van der Waals surface area contributed by atoms with Crippen LogP contribution in [0.1, 0.15) is 16.7 Å². The molecule has 0 saturated carbocycles. The van der Waals surface area contributed by atoms with E-state index in [0.29, 0.717) is 22.3 Å². The van der Waals surface area contributed by atoms with Gasteiger partial charge in [0.05, 0.1) is 10.6 Å². The summed E-state index contributed by atoms with van der Waals surface area (Å²) < 4.78 is 36.0. The number of nitrogens with zero attached hydrogens (tertiary/aromatic N) is 3. The van der Waals surface area contributed by atoms with E-state index in [2.05, 4.69) is 16.3 Å². The fraction of sp³-hybridized carbons (Fsp3) is 0.0400. The second kappa shape index (κ2) is 9.21. The van der Waals surface area contributed by atoms with Crippen molar-refractivity contribution in [1.29, 1.82) is 0 Å². The summed E-state index contributed by atoms with van der Waals surface area (Å²) in [5.41, 5.74) is 4.14. The molecule has 0 N–H and O–H groups in total. The van der Waals surface area contributed by atoms with Crippen molar-refractivity contribution < 1.29 is 42.5 Å². The molecule has 0 bridgehead atoms. The molecule has 0 saturated heterocycles. The molecule has 0 spiro atoms. The van der Waals surface area contributed by atoms with E-state index in [1.165, 1.54) is 10.9 Å². The minimum Gasteiger partial charge on any atom is -0.744 e. The molecule has 1 aromatic heterocycles. The van der Waals surface area contributed by atoms with Crippen molar-refractivity contribution in [1.82, 2.24) is 15.0 Å². The van der Waals surface area contributed by atoms with E-state index in [4.69, 9.17) is 0 Å². The zero-order valence-corrected chi connectivity index (χ0v) is 21.0. The standard InChI is InChI=1S/C25H19N3O3S.Na/c1-17-7-13-22-20(15-17)11-14-23-25(22)27-28(26-23)21-12-10-19(24(16-21)32(29,30)31)9-8-18-5-3-2-4-6-18;/h2-16H,1H3,(H,29,30,31);/q;+1/p-1. The topological polar surface area (TPSA) is 87.9 Å². The average molecular weight is 463 g/mol. The Hall–Kier alpha value is -2.81. The number of benzene rings is 4. The number of hydrogen-bond acceptors (Lipinski definition) is 5. The van der Waals surface area contributed by atoms with E-state index >= 15 is 0 Å². The third-order valence-electron chi connectivity index (χ3n) is 5.28. The molecule has 0 amide bonds. The minimum absolute atomic E-state index is 0. The van der Waals surface area contributed by atoms with Gasteiger partial charge in [0.25, 0.3) is 0 Å². The monoisotopic (exact) mass is 463 g/mol. The minimum atomic E-state index is -4.71. The largest absolute Gasteiger partial charge is 1.00 e. The summed E-state index contributed by atoms with van der Waals surface area (Å²) in [6.45, 7) is 2.03. The molecule has 0 atom stereocenters. The number of rotatable bonds is 4. The fourth-order valence-electron chi connectivity index (χ4n) is 3.69. The second-order valence-electron chi connectivity index (χ2n) is 7.57. The quantitative estimate of drug-likeness (QED) is 0.231. The van der Waals surface area contributed by atoms with Crippen molar-refractivity contribution >= 4 is 44.1 Å². The van der Waals surface area contributed by atoms with E-state index in [1.807, 2.05) is 61.5 Å². The van der Waals surface area contributed by atoms with Gasteiger partial charge in [-0.1, -0.05) is 78.4 Å². The van der Waals surface area contributed by atoms with Gasteiger partial charge in [-0.05, 0) is 41.6 Å². The number of aryl methyl sites for hydroxylation is 1. The molecular formula is C25H18N3NaO3S. The van der Waals surface area contributed by atoms with Gasteiger partial charge in [0.2, 0.25) is 0 Å². The first-order valence-corrected chi connectivity index (χ1v) is 11.4. The van der Waals surface area contributed by atoms with E-state index < -0.39 is 10.1 Å². The normalized spacial score (nSPS) is 11.8. The third kappa shape index (κ3) is 4.78. The predicted molar refractivity (Wildman–Crippen MR) is 124 cm³/mol. The first-order chi connectivity index (χ1) is 15.4. The van der Waals surface area contributed by atoms with Gasteiger partial charge in [-0.2, -0.15) is 4.80 Å². The first kappa shape index (κ1) is 23.4. The second-order valence-corrected chi connectivity index (χ2v) is 8.92. The molecular weight excluding hydrogens is 445 g/mol. The molecule has 8 heteroatoms. The molecule has 0 aliphatic heterocycles. The van der Waals surface area contributed by atoms with Crippen LogP contribution < -0.4 is 29.6 Å². The Morgan fingerprint density at radius 1 is 0.879 bits per heavy atom. The van der Waals surface area contributed by atoms with Crippen molar-refractivity contribution in [2.45, 2.75) is 11.8 Å². The molecule has 0 aliphatic carbocycles. The number of fused-ring (bicyclic) bond motifs is 3. The van der Waals surface area contributed by atoms with E-state index in [1.54, 1.807) is 24.3 Å².